The molecule has 3 rings (SSSR count). The van der Waals surface area contributed by atoms with E-state index in [1.54, 1.807) is 18.2 Å². The number of anilines is 1. The number of carbonyl (C=O) groups is 3. The zero-order valence-corrected chi connectivity index (χ0v) is 15.8. The number of piperidine rings is 1. The Bertz CT molecular complexity index is 728. The van der Waals surface area contributed by atoms with E-state index in [-0.39, 0.29) is 30.7 Å². The second-order valence-corrected chi connectivity index (χ2v) is 7.48. The van der Waals surface area contributed by atoms with Crippen LogP contribution < -0.4 is 4.90 Å². The van der Waals surface area contributed by atoms with Gasteiger partial charge in [0, 0.05) is 26.1 Å². The van der Waals surface area contributed by atoms with Crippen LogP contribution in [0.2, 0.25) is 5.02 Å². The third-order valence-electron chi connectivity index (χ3n) is 5.23. The van der Waals surface area contributed by atoms with Gasteiger partial charge in [-0.25, -0.2) is 4.79 Å². The molecule has 1 aromatic rings. The molecule has 26 heavy (non-hydrogen) atoms. The molecule has 1 atom stereocenters. The minimum Gasteiger partial charge on any atom is -0.465 e. The van der Waals surface area contributed by atoms with Gasteiger partial charge in [-0.3, -0.25) is 9.59 Å². The van der Waals surface area contributed by atoms with E-state index in [9.17, 15) is 14.4 Å². The summed E-state index contributed by atoms with van der Waals surface area (Å²) in [4.78, 5) is 40.4. The van der Waals surface area contributed by atoms with E-state index in [2.05, 4.69) is 6.92 Å². The molecule has 7 heteroatoms. The van der Waals surface area contributed by atoms with E-state index in [1.165, 1.54) is 12.0 Å². The predicted molar refractivity (Wildman–Crippen MR) is 98.2 cm³/mol. The number of halogens is 1. The molecule has 0 aliphatic carbocycles. The van der Waals surface area contributed by atoms with Crippen LogP contribution in [0.1, 0.15) is 36.5 Å². The van der Waals surface area contributed by atoms with Gasteiger partial charge in [0.1, 0.15) is 0 Å². The Labute approximate surface area is 158 Å². The van der Waals surface area contributed by atoms with E-state index in [1.807, 2.05) is 4.90 Å². The molecule has 0 N–H and O–H groups in total. The summed E-state index contributed by atoms with van der Waals surface area (Å²) < 4.78 is 4.72. The molecule has 0 saturated carbocycles. The van der Waals surface area contributed by atoms with E-state index in [4.69, 9.17) is 16.3 Å². The fraction of sp³-hybridized carbons (Fsp3) is 0.526. The molecule has 1 aromatic carbocycles. The first-order chi connectivity index (χ1) is 12.4. The van der Waals surface area contributed by atoms with Crippen molar-refractivity contribution in [3.63, 3.8) is 0 Å². The molecule has 0 aromatic heterocycles. The Hall–Kier alpha value is -2.08. The second kappa shape index (κ2) is 7.66. The standard InChI is InChI=1S/C19H23ClN2O4/c1-12-5-7-21(8-6-12)18(24)14-10-17(23)22(11-14)16-9-13(19(25)26-2)3-4-15(16)20/h3-4,9,12,14H,5-8,10-11H2,1-2H3. The summed E-state index contributed by atoms with van der Waals surface area (Å²) in [5, 5.41) is 0.367. The van der Waals surface area contributed by atoms with Gasteiger partial charge in [0.05, 0.1) is 29.3 Å². The number of carbonyl (C=O) groups excluding carboxylic acids is 3. The van der Waals surface area contributed by atoms with Crippen molar-refractivity contribution in [2.24, 2.45) is 11.8 Å². The number of amides is 2. The summed E-state index contributed by atoms with van der Waals surface area (Å²) in [6.07, 6.45) is 2.18. The number of esters is 1. The van der Waals surface area contributed by atoms with Gasteiger partial charge in [-0.05, 0) is 37.0 Å². The molecule has 6 nitrogen and oxygen atoms in total. The largest absolute Gasteiger partial charge is 0.465 e. The maximum Gasteiger partial charge on any atom is 0.337 e. The van der Waals surface area contributed by atoms with Crippen molar-refractivity contribution in [2.75, 3.05) is 31.6 Å². The number of nitrogens with zero attached hydrogens (tertiary/aromatic N) is 2. The number of rotatable bonds is 3. The lowest BCUT2D eigenvalue weighted by molar-refractivity contribution is -0.137. The highest BCUT2D eigenvalue weighted by Gasteiger charge is 2.38. The molecule has 140 valence electrons. The third-order valence-corrected chi connectivity index (χ3v) is 5.55. The molecule has 1 unspecified atom stereocenters. The van der Waals surface area contributed by atoms with Crippen molar-refractivity contribution in [2.45, 2.75) is 26.2 Å². The molecule has 2 aliphatic heterocycles. The van der Waals surface area contributed by atoms with E-state index < -0.39 is 5.97 Å². The second-order valence-electron chi connectivity index (χ2n) is 7.07. The maximum atomic E-state index is 12.8. The van der Waals surface area contributed by atoms with Gasteiger partial charge in [0.15, 0.2) is 0 Å². The molecular weight excluding hydrogens is 356 g/mol. The highest BCUT2D eigenvalue weighted by Crippen LogP contribution is 2.33. The van der Waals surface area contributed by atoms with Crippen molar-refractivity contribution in [3.8, 4) is 0 Å². The highest BCUT2D eigenvalue weighted by molar-refractivity contribution is 6.34. The van der Waals surface area contributed by atoms with Gasteiger partial charge in [-0.15, -0.1) is 0 Å². The summed E-state index contributed by atoms with van der Waals surface area (Å²) in [7, 11) is 1.30. The van der Waals surface area contributed by atoms with Crippen molar-refractivity contribution in [1.82, 2.24) is 4.90 Å². The van der Waals surface area contributed by atoms with Crippen LogP contribution in [0, 0.1) is 11.8 Å². The Morgan fingerprint density at radius 2 is 1.92 bits per heavy atom. The monoisotopic (exact) mass is 378 g/mol. The number of hydrogen-bond donors (Lipinski definition) is 0. The van der Waals surface area contributed by atoms with E-state index in [0.29, 0.717) is 22.2 Å². The molecule has 2 saturated heterocycles. The average Bonchev–Trinajstić information content (AvgIpc) is 3.03. The molecule has 2 fully saturated rings. The first-order valence-corrected chi connectivity index (χ1v) is 9.25. The van der Waals surface area contributed by atoms with Crippen LogP contribution in [0.3, 0.4) is 0 Å². The number of ether oxygens (including phenoxy) is 1. The van der Waals surface area contributed by atoms with E-state index >= 15 is 0 Å². The van der Waals surface area contributed by atoms with E-state index in [0.717, 1.165) is 25.9 Å². The lowest BCUT2D eigenvalue weighted by Gasteiger charge is -2.32. The molecular formula is C19H23ClN2O4. The highest BCUT2D eigenvalue weighted by atomic mass is 35.5. The Kier molecular flexibility index (Phi) is 5.51. The van der Waals surface area contributed by atoms with Gasteiger partial charge in [0.2, 0.25) is 11.8 Å². The van der Waals surface area contributed by atoms with Crippen molar-refractivity contribution >= 4 is 35.1 Å². The SMILES string of the molecule is COC(=O)c1ccc(Cl)c(N2CC(C(=O)N3CCC(C)CC3)CC2=O)c1. The van der Waals surface area contributed by atoms with Gasteiger partial charge in [0.25, 0.3) is 0 Å². The summed E-state index contributed by atoms with van der Waals surface area (Å²) in [5.41, 5.74) is 0.765. The summed E-state index contributed by atoms with van der Waals surface area (Å²) in [6, 6.07) is 4.66. The zero-order valence-electron chi connectivity index (χ0n) is 15.0. The Morgan fingerprint density at radius 1 is 1.23 bits per heavy atom. The quantitative estimate of drug-likeness (QED) is 0.758. The maximum absolute atomic E-state index is 12.8. The van der Waals surface area contributed by atoms with Crippen LogP contribution in [-0.2, 0) is 14.3 Å². The van der Waals surface area contributed by atoms with Gasteiger partial charge in [-0.2, -0.15) is 0 Å². The fourth-order valence-electron chi connectivity index (χ4n) is 3.56. The third kappa shape index (κ3) is 3.70. The molecule has 2 amide bonds. The number of likely N-dealkylation sites (tertiary alicyclic amines) is 1. The molecule has 0 spiro atoms. The van der Waals surface area contributed by atoms with Crippen LogP contribution >= 0.6 is 11.6 Å². The van der Waals surface area contributed by atoms with Crippen LogP contribution in [0.25, 0.3) is 0 Å². The Balaban J connectivity index is 1.76. The smallest absolute Gasteiger partial charge is 0.337 e. The van der Waals surface area contributed by atoms with Crippen molar-refractivity contribution in [1.29, 1.82) is 0 Å². The lowest BCUT2D eigenvalue weighted by Crippen LogP contribution is -2.42. The predicted octanol–water partition coefficient (Wildman–Crippen LogP) is 2.74. The number of methoxy groups -OCH3 is 1. The van der Waals surface area contributed by atoms with Crippen LogP contribution in [0.5, 0.6) is 0 Å². The normalized spacial score (nSPS) is 21.2. The van der Waals surface area contributed by atoms with Crippen molar-refractivity contribution < 1.29 is 19.1 Å². The summed E-state index contributed by atoms with van der Waals surface area (Å²) >= 11 is 6.24. The van der Waals surface area contributed by atoms with Gasteiger partial charge < -0.3 is 14.5 Å². The van der Waals surface area contributed by atoms with Gasteiger partial charge >= 0.3 is 5.97 Å². The minimum absolute atomic E-state index is 0.0352. The molecule has 2 aliphatic rings. The number of benzene rings is 1. The van der Waals surface area contributed by atoms with Gasteiger partial charge in [-0.1, -0.05) is 18.5 Å². The molecule has 0 bridgehead atoms. The van der Waals surface area contributed by atoms with Crippen LogP contribution in [-0.4, -0.2) is 49.4 Å². The van der Waals surface area contributed by atoms with Crippen LogP contribution in [0.15, 0.2) is 18.2 Å². The number of hydrogen-bond acceptors (Lipinski definition) is 4. The fourth-order valence-corrected chi connectivity index (χ4v) is 3.78. The molecule has 0 radical (unpaired) electrons. The Morgan fingerprint density at radius 3 is 2.58 bits per heavy atom. The van der Waals surface area contributed by atoms with Crippen LogP contribution in [0.4, 0.5) is 5.69 Å². The lowest BCUT2D eigenvalue weighted by atomic mass is 9.97. The summed E-state index contributed by atoms with van der Waals surface area (Å²) in [6.45, 7) is 3.99. The summed E-state index contributed by atoms with van der Waals surface area (Å²) in [5.74, 6) is -0.343. The zero-order chi connectivity index (χ0) is 18.8. The first kappa shape index (κ1) is 18.7. The van der Waals surface area contributed by atoms with Crippen molar-refractivity contribution in [3.05, 3.63) is 28.8 Å². The minimum atomic E-state index is -0.496. The topological polar surface area (TPSA) is 66.9 Å². The molecule has 2 heterocycles. The first-order valence-electron chi connectivity index (χ1n) is 8.87. The average molecular weight is 379 g/mol.